The molecule has 150 valence electrons. The Balaban J connectivity index is 1.33. The minimum Gasteiger partial charge on any atom is -0.375 e. The van der Waals surface area contributed by atoms with E-state index in [1.54, 1.807) is 12.3 Å². The van der Waals surface area contributed by atoms with Gasteiger partial charge >= 0.3 is 0 Å². The molecule has 0 unspecified atom stereocenters. The van der Waals surface area contributed by atoms with Crippen molar-refractivity contribution in [1.82, 2.24) is 10.2 Å². The fourth-order valence-electron chi connectivity index (χ4n) is 2.83. The summed E-state index contributed by atoms with van der Waals surface area (Å²) in [7, 11) is 0. The molecule has 1 heterocycles. The summed E-state index contributed by atoms with van der Waals surface area (Å²) < 4.78 is 5.56. The zero-order chi connectivity index (χ0) is 20.3. The number of hydrogen-bond donors (Lipinski definition) is 2. The van der Waals surface area contributed by atoms with E-state index in [9.17, 15) is 9.59 Å². The molecule has 0 spiro atoms. The van der Waals surface area contributed by atoms with Gasteiger partial charge in [-0.15, -0.1) is 0 Å². The first-order chi connectivity index (χ1) is 14.2. The smallest absolute Gasteiger partial charge is 0.251 e. The Morgan fingerprint density at radius 3 is 2.41 bits per heavy atom. The molecule has 2 amide bonds. The van der Waals surface area contributed by atoms with Gasteiger partial charge in [-0.1, -0.05) is 54.6 Å². The highest BCUT2D eigenvalue weighted by Crippen LogP contribution is 2.09. The normalized spacial score (nSPS) is 13.0. The van der Waals surface area contributed by atoms with Gasteiger partial charge < -0.3 is 20.3 Å². The molecule has 0 aromatic heterocycles. The van der Waals surface area contributed by atoms with Crippen LogP contribution in [0.2, 0.25) is 0 Å². The molecule has 0 atom stereocenters. The Hall–Kier alpha value is -3.38. The van der Waals surface area contributed by atoms with E-state index >= 15 is 0 Å². The topological polar surface area (TPSA) is 70.7 Å². The predicted octanol–water partition coefficient (Wildman–Crippen LogP) is 2.71. The summed E-state index contributed by atoms with van der Waals surface area (Å²) in [5.74, 6) is -0.240. The van der Waals surface area contributed by atoms with Crippen molar-refractivity contribution in [3.8, 4) is 0 Å². The summed E-state index contributed by atoms with van der Waals surface area (Å²) in [5.41, 5.74) is 2.46. The molecule has 0 fully saturated rings. The number of hydrogen-bond acceptors (Lipinski definition) is 4. The molecule has 0 saturated heterocycles. The van der Waals surface area contributed by atoms with Crippen LogP contribution in [0.15, 0.2) is 84.6 Å². The number of rotatable bonds is 9. The summed E-state index contributed by atoms with van der Waals surface area (Å²) in [4.78, 5) is 26.2. The zero-order valence-electron chi connectivity index (χ0n) is 16.2. The third-order valence-corrected chi connectivity index (χ3v) is 4.32. The van der Waals surface area contributed by atoms with Crippen molar-refractivity contribution in [1.29, 1.82) is 0 Å². The number of carbonyl (C=O) groups is 2. The summed E-state index contributed by atoms with van der Waals surface area (Å²) in [6.45, 7) is 2.15. The molecule has 0 radical (unpaired) electrons. The number of anilines is 1. The van der Waals surface area contributed by atoms with E-state index in [4.69, 9.17) is 4.74 Å². The first-order valence-corrected chi connectivity index (χ1v) is 9.58. The molecule has 6 heteroatoms. The maximum Gasteiger partial charge on any atom is 0.251 e. The largest absolute Gasteiger partial charge is 0.375 e. The Kier molecular flexibility index (Phi) is 7.60. The number of carbonyl (C=O) groups excluding carboxylic acids is 2. The van der Waals surface area contributed by atoms with Crippen LogP contribution in [0.5, 0.6) is 0 Å². The average Bonchev–Trinajstić information content (AvgIpc) is 2.75. The van der Waals surface area contributed by atoms with Crippen LogP contribution in [0.3, 0.4) is 0 Å². The number of para-hydroxylation sites is 1. The quantitative estimate of drug-likeness (QED) is 0.645. The van der Waals surface area contributed by atoms with Gasteiger partial charge in [0.25, 0.3) is 5.91 Å². The van der Waals surface area contributed by atoms with Crippen molar-refractivity contribution >= 4 is 17.5 Å². The monoisotopic (exact) mass is 391 g/mol. The lowest BCUT2D eigenvalue weighted by Crippen LogP contribution is -2.33. The first-order valence-electron chi connectivity index (χ1n) is 9.58. The SMILES string of the molecule is O=C(CN1C=CC(C(=O)NCCOCc2ccccc2)=CC1)Nc1ccccc1. The molecular formula is C23H25N3O3. The Bertz CT molecular complexity index is 863. The van der Waals surface area contributed by atoms with Gasteiger partial charge in [0.1, 0.15) is 0 Å². The fourth-order valence-corrected chi connectivity index (χ4v) is 2.83. The van der Waals surface area contributed by atoms with Gasteiger partial charge in [-0.25, -0.2) is 0 Å². The molecule has 1 aliphatic rings. The zero-order valence-corrected chi connectivity index (χ0v) is 16.2. The minimum atomic E-state index is -0.141. The standard InChI is InChI=1S/C23H25N3O3/c27-22(25-21-9-5-2-6-10-21)17-26-14-11-20(12-15-26)23(28)24-13-16-29-18-19-7-3-1-4-8-19/h1-12,14H,13,15-18H2,(H,24,28)(H,25,27). The van der Waals surface area contributed by atoms with Crippen molar-refractivity contribution in [3.05, 3.63) is 90.2 Å². The van der Waals surface area contributed by atoms with Crippen LogP contribution in [0.4, 0.5) is 5.69 Å². The fraction of sp³-hybridized carbons (Fsp3) is 0.217. The van der Waals surface area contributed by atoms with Gasteiger partial charge in [0.05, 0.1) is 19.8 Å². The van der Waals surface area contributed by atoms with E-state index in [0.717, 1.165) is 11.3 Å². The summed E-state index contributed by atoms with van der Waals surface area (Å²) >= 11 is 0. The summed E-state index contributed by atoms with van der Waals surface area (Å²) in [6, 6.07) is 19.2. The Morgan fingerprint density at radius 2 is 1.72 bits per heavy atom. The van der Waals surface area contributed by atoms with Crippen LogP contribution in [0.1, 0.15) is 5.56 Å². The highest BCUT2D eigenvalue weighted by Gasteiger charge is 2.13. The lowest BCUT2D eigenvalue weighted by Gasteiger charge is -2.22. The van der Waals surface area contributed by atoms with Crippen LogP contribution >= 0.6 is 0 Å². The van der Waals surface area contributed by atoms with E-state index in [-0.39, 0.29) is 18.4 Å². The first kappa shape index (κ1) is 20.4. The van der Waals surface area contributed by atoms with E-state index < -0.39 is 0 Å². The van der Waals surface area contributed by atoms with Gasteiger partial charge in [0.15, 0.2) is 0 Å². The van der Waals surface area contributed by atoms with E-state index in [1.807, 2.05) is 71.6 Å². The Labute approximate surface area is 170 Å². The van der Waals surface area contributed by atoms with Crippen molar-refractivity contribution in [2.75, 3.05) is 31.6 Å². The van der Waals surface area contributed by atoms with Crippen LogP contribution in [-0.4, -0.2) is 43.0 Å². The second kappa shape index (κ2) is 10.8. The number of ether oxygens (including phenoxy) is 1. The molecule has 6 nitrogen and oxygen atoms in total. The van der Waals surface area contributed by atoms with Crippen LogP contribution in [0, 0.1) is 0 Å². The molecule has 0 saturated carbocycles. The summed E-state index contributed by atoms with van der Waals surface area (Å²) in [5, 5.41) is 5.69. The molecule has 0 bridgehead atoms. The molecule has 2 aromatic rings. The molecule has 2 N–H and O–H groups in total. The molecule has 1 aliphatic heterocycles. The second-order valence-corrected chi connectivity index (χ2v) is 6.61. The lowest BCUT2D eigenvalue weighted by molar-refractivity contribution is -0.117. The molecular weight excluding hydrogens is 366 g/mol. The van der Waals surface area contributed by atoms with E-state index in [2.05, 4.69) is 10.6 Å². The predicted molar refractivity (Wildman–Crippen MR) is 113 cm³/mol. The Morgan fingerprint density at radius 1 is 1.00 bits per heavy atom. The van der Waals surface area contributed by atoms with Crippen LogP contribution in [0.25, 0.3) is 0 Å². The van der Waals surface area contributed by atoms with Crippen molar-refractivity contribution in [2.45, 2.75) is 6.61 Å². The van der Waals surface area contributed by atoms with Gasteiger partial charge in [0.2, 0.25) is 5.91 Å². The van der Waals surface area contributed by atoms with Gasteiger partial charge in [0, 0.05) is 30.5 Å². The maximum absolute atomic E-state index is 12.2. The molecule has 2 aromatic carbocycles. The summed E-state index contributed by atoms with van der Waals surface area (Å²) in [6.07, 6.45) is 5.31. The van der Waals surface area contributed by atoms with Gasteiger partial charge in [-0.2, -0.15) is 0 Å². The maximum atomic E-state index is 12.2. The number of nitrogens with zero attached hydrogens (tertiary/aromatic N) is 1. The van der Waals surface area contributed by atoms with Crippen molar-refractivity contribution in [3.63, 3.8) is 0 Å². The molecule has 3 rings (SSSR count). The van der Waals surface area contributed by atoms with Crippen molar-refractivity contribution < 1.29 is 14.3 Å². The second-order valence-electron chi connectivity index (χ2n) is 6.61. The lowest BCUT2D eigenvalue weighted by atomic mass is 10.1. The minimum absolute atomic E-state index is 0.0993. The molecule has 0 aliphatic carbocycles. The van der Waals surface area contributed by atoms with Crippen molar-refractivity contribution in [2.24, 2.45) is 0 Å². The number of nitrogens with one attached hydrogen (secondary N) is 2. The molecule has 29 heavy (non-hydrogen) atoms. The van der Waals surface area contributed by atoms with Crippen LogP contribution < -0.4 is 10.6 Å². The number of benzene rings is 2. The third kappa shape index (κ3) is 6.93. The van der Waals surface area contributed by atoms with Gasteiger partial charge in [-0.05, 0) is 23.8 Å². The third-order valence-electron chi connectivity index (χ3n) is 4.32. The van der Waals surface area contributed by atoms with Gasteiger partial charge in [-0.3, -0.25) is 9.59 Å². The average molecular weight is 391 g/mol. The van der Waals surface area contributed by atoms with E-state index in [0.29, 0.717) is 31.9 Å². The van der Waals surface area contributed by atoms with Crippen LogP contribution in [-0.2, 0) is 20.9 Å². The highest BCUT2D eigenvalue weighted by atomic mass is 16.5. The van der Waals surface area contributed by atoms with E-state index in [1.165, 1.54) is 0 Å². The number of amides is 2. The highest BCUT2D eigenvalue weighted by molar-refractivity contribution is 5.96.